The first-order chi connectivity index (χ1) is 16.5. The Morgan fingerprint density at radius 2 is 1.51 bits per heavy atom. The lowest BCUT2D eigenvalue weighted by Crippen LogP contribution is -2.37. The highest BCUT2D eigenvalue weighted by Crippen LogP contribution is 2.34. The van der Waals surface area contributed by atoms with Crippen LogP contribution in [0, 0.1) is 27.7 Å². The van der Waals surface area contributed by atoms with E-state index in [0.29, 0.717) is 22.3 Å². The van der Waals surface area contributed by atoms with Gasteiger partial charge in [0.05, 0.1) is 17.7 Å². The number of esters is 1. The summed E-state index contributed by atoms with van der Waals surface area (Å²) in [7, 11) is -3.08. The molecule has 0 unspecified atom stereocenters. The Labute approximate surface area is 204 Å². The Morgan fingerprint density at radius 1 is 0.857 bits per heavy atom. The number of sulfonamides is 1. The van der Waals surface area contributed by atoms with Gasteiger partial charge >= 0.3 is 5.97 Å². The highest BCUT2D eigenvalue weighted by molar-refractivity contribution is 7.93. The monoisotopic (exact) mass is 491 g/mol. The number of ether oxygens (including phenoxy) is 1. The van der Waals surface area contributed by atoms with Crippen LogP contribution in [0.1, 0.15) is 43.2 Å². The van der Waals surface area contributed by atoms with Gasteiger partial charge in [0.25, 0.3) is 15.9 Å². The molecule has 0 aliphatic rings. The smallest absolute Gasteiger partial charge is 0.342 e. The second kappa shape index (κ2) is 9.03. The minimum atomic E-state index is -4.33. The van der Waals surface area contributed by atoms with Crippen molar-refractivity contribution in [1.82, 2.24) is 0 Å². The molecular formula is C27H25NO6S. The van der Waals surface area contributed by atoms with E-state index >= 15 is 0 Å². The van der Waals surface area contributed by atoms with Crippen LogP contribution >= 0.6 is 0 Å². The minimum absolute atomic E-state index is 0.0228. The van der Waals surface area contributed by atoms with Gasteiger partial charge in [-0.05, 0) is 75.2 Å². The van der Waals surface area contributed by atoms with Crippen molar-refractivity contribution in [2.45, 2.75) is 32.6 Å². The molecule has 0 spiro atoms. The molecule has 4 rings (SSSR count). The van der Waals surface area contributed by atoms with Crippen molar-refractivity contribution < 1.29 is 27.2 Å². The topological polar surface area (TPSA) is 93.9 Å². The van der Waals surface area contributed by atoms with Gasteiger partial charge in [0, 0.05) is 10.9 Å². The summed E-state index contributed by atoms with van der Waals surface area (Å²) in [4.78, 5) is 26.1. The maximum Gasteiger partial charge on any atom is 0.342 e. The van der Waals surface area contributed by atoms with Crippen molar-refractivity contribution in [1.29, 1.82) is 0 Å². The van der Waals surface area contributed by atoms with E-state index in [0.717, 1.165) is 15.4 Å². The third-order valence-corrected chi connectivity index (χ3v) is 7.67. The number of amides is 1. The first-order valence-corrected chi connectivity index (χ1v) is 12.3. The molecule has 0 fully saturated rings. The number of rotatable bonds is 5. The van der Waals surface area contributed by atoms with Crippen molar-refractivity contribution in [3.05, 3.63) is 94.2 Å². The van der Waals surface area contributed by atoms with Crippen molar-refractivity contribution in [3.8, 4) is 0 Å². The van der Waals surface area contributed by atoms with Gasteiger partial charge in [0.2, 0.25) is 0 Å². The number of carbonyl (C=O) groups is 2. The predicted molar refractivity (Wildman–Crippen MR) is 133 cm³/mol. The van der Waals surface area contributed by atoms with Crippen molar-refractivity contribution in [2.75, 3.05) is 11.4 Å². The lowest BCUT2D eigenvalue weighted by atomic mass is 10.1. The van der Waals surface area contributed by atoms with Crippen molar-refractivity contribution in [3.63, 3.8) is 0 Å². The van der Waals surface area contributed by atoms with Gasteiger partial charge in [-0.1, -0.05) is 29.8 Å². The van der Waals surface area contributed by atoms with Crippen molar-refractivity contribution >= 4 is 38.6 Å². The minimum Gasteiger partial charge on any atom is -0.465 e. The molecule has 0 radical (unpaired) electrons. The predicted octanol–water partition coefficient (Wildman–Crippen LogP) is 5.49. The fraction of sp³-hybridized carbons (Fsp3) is 0.185. The van der Waals surface area contributed by atoms with E-state index in [-0.39, 0.29) is 21.7 Å². The zero-order chi connectivity index (χ0) is 25.5. The number of aryl methyl sites for hydroxylation is 4. The molecule has 0 saturated heterocycles. The number of carbonyl (C=O) groups excluding carboxylic acids is 2. The van der Waals surface area contributed by atoms with Crippen LogP contribution in [-0.4, -0.2) is 27.4 Å². The summed E-state index contributed by atoms with van der Waals surface area (Å²) in [5, 5.41) is 0.352. The van der Waals surface area contributed by atoms with Gasteiger partial charge in [-0.2, -0.15) is 4.31 Å². The van der Waals surface area contributed by atoms with Gasteiger partial charge in [-0.15, -0.1) is 0 Å². The number of fused-ring (bicyclic) bond motifs is 1. The molecule has 4 aromatic rings. The highest BCUT2D eigenvalue weighted by atomic mass is 32.2. The molecule has 1 amide bonds. The summed E-state index contributed by atoms with van der Waals surface area (Å²) >= 11 is 0. The maximum atomic E-state index is 14.0. The Morgan fingerprint density at radius 3 is 2.17 bits per heavy atom. The molecule has 1 heterocycles. The Bertz CT molecular complexity index is 1570. The van der Waals surface area contributed by atoms with Crippen LogP contribution in [0.15, 0.2) is 70.0 Å². The lowest BCUT2D eigenvalue weighted by Gasteiger charge is -2.24. The van der Waals surface area contributed by atoms with Crippen molar-refractivity contribution in [2.24, 2.45) is 0 Å². The summed E-state index contributed by atoms with van der Waals surface area (Å²) in [6.07, 6.45) is 0. The molecule has 0 bridgehead atoms. The second-order valence-electron chi connectivity index (χ2n) is 8.41. The molecular weight excluding hydrogens is 466 g/mol. The van der Waals surface area contributed by atoms with E-state index in [9.17, 15) is 18.0 Å². The van der Waals surface area contributed by atoms with E-state index in [1.54, 1.807) is 57.2 Å². The Hall–Kier alpha value is -3.91. The van der Waals surface area contributed by atoms with Gasteiger partial charge < -0.3 is 9.15 Å². The fourth-order valence-electron chi connectivity index (χ4n) is 3.95. The zero-order valence-corrected chi connectivity index (χ0v) is 20.9. The number of nitrogens with zero attached hydrogens (tertiary/aromatic N) is 1. The van der Waals surface area contributed by atoms with Gasteiger partial charge in [-0.25, -0.2) is 13.2 Å². The molecule has 0 aliphatic carbocycles. The first kappa shape index (κ1) is 24.2. The second-order valence-corrected chi connectivity index (χ2v) is 10.2. The number of hydrogen-bond donors (Lipinski definition) is 0. The van der Waals surface area contributed by atoms with E-state index < -0.39 is 21.9 Å². The molecule has 3 aromatic carbocycles. The molecule has 7 nitrogen and oxygen atoms in total. The molecule has 1 aromatic heterocycles. The number of furan rings is 1. The third kappa shape index (κ3) is 4.33. The molecule has 8 heteroatoms. The Kier molecular flexibility index (Phi) is 6.25. The molecule has 0 N–H and O–H groups in total. The van der Waals surface area contributed by atoms with Crippen LogP contribution in [0.25, 0.3) is 11.0 Å². The van der Waals surface area contributed by atoms with Crippen LogP contribution in [0.5, 0.6) is 0 Å². The van der Waals surface area contributed by atoms with Crippen LogP contribution in [-0.2, 0) is 14.8 Å². The number of benzene rings is 3. The van der Waals surface area contributed by atoms with E-state index in [1.165, 1.54) is 25.3 Å². The third-order valence-electron chi connectivity index (χ3n) is 5.82. The highest BCUT2D eigenvalue weighted by Gasteiger charge is 2.34. The average Bonchev–Trinajstić information content (AvgIpc) is 3.15. The number of hydrogen-bond acceptors (Lipinski definition) is 6. The summed E-state index contributed by atoms with van der Waals surface area (Å²) < 4.78 is 39.3. The zero-order valence-electron chi connectivity index (χ0n) is 20.1. The van der Waals surface area contributed by atoms with E-state index in [1.807, 2.05) is 13.0 Å². The average molecular weight is 492 g/mol. The fourth-order valence-corrected chi connectivity index (χ4v) is 5.67. The van der Waals surface area contributed by atoms with Crippen LogP contribution in [0.2, 0.25) is 0 Å². The molecule has 180 valence electrons. The van der Waals surface area contributed by atoms with Crippen LogP contribution in [0.4, 0.5) is 5.69 Å². The van der Waals surface area contributed by atoms with E-state index in [2.05, 4.69) is 0 Å². The van der Waals surface area contributed by atoms with Gasteiger partial charge in [-0.3, -0.25) is 4.79 Å². The SMILES string of the molecule is COC(=O)c1c(C)oc2ccc(N(C(=O)c3ccc(C)cc3)S(=O)(=O)c3cc(C)ccc3C)cc12. The summed E-state index contributed by atoms with van der Waals surface area (Å²) in [6.45, 7) is 6.96. The number of methoxy groups -OCH3 is 1. The normalized spacial score (nSPS) is 11.5. The van der Waals surface area contributed by atoms with Gasteiger partial charge in [0.15, 0.2) is 0 Å². The number of anilines is 1. The standard InChI is InChI=1S/C27H25NO6S/c1-16-7-10-20(11-8-16)26(29)28(35(31,32)24-14-17(2)6-9-18(24)3)21-12-13-23-22(15-21)25(19(4)34-23)27(30)33-5/h6-15H,1-5H3. The quantitative estimate of drug-likeness (QED) is 0.343. The largest absolute Gasteiger partial charge is 0.465 e. The maximum absolute atomic E-state index is 14.0. The lowest BCUT2D eigenvalue weighted by molar-refractivity contribution is 0.0600. The Balaban J connectivity index is 1.99. The van der Waals surface area contributed by atoms with Crippen LogP contribution in [0.3, 0.4) is 0 Å². The van der Waals surface area contributed by atoms with E-state index in [4.69, 9.17) is 9.15 Å². The molecule has 0 aliphatic heterocycles. The summed E-state index contributed by atoms with van der Waals surface area (Å²) in [6, 6.07) is 16.2. The molecule has 0 atom stereocenters. The van der Waals surface area contributed by atoms with Crippen LogP contribution < -0.4 is 4.31 Å². The summed E-state index contributed by atoms with van der Waals surface area (Å²) in [5.41, 5.74) is 3.02. The summed E-state index contributed by atoms with van der Waals surface area (Å²) in [5.74, 6) is -1.00. The van der Waals surface area contributed by atoms with Gasteiger partial charge in [0.1, 0.15) is 16.9 Å². The first-order valence-electron chi connectivity index (χ1n) is 10.9. The molecule has 0 saturated carbocycles. The molecule has 35 heavy (non-hydrogen) atoms.